The van der Waals surface area contributed by atoms with Crippen molar-refractivity contribution in [3.63, 3.8) is 0 Å². The van der Waals surface area contributed by atoms with Gasteiger partial charge in [0, 0.05) is 13.1 Å². The number of rotatable bonds is 9. The van der Waals surface area contributed by atoms with Crippen LogP contribution in [0.1, 0.15) is 18.1 Å². The molecular formula is C25H29N7O. The summed E-state index contributed by atoms with van der Waals surface area (Å²) >= 11 is 0. The Morgan fingerprint density at radius 3 is 2.48 bits per heavy atom. The smallest absolute Gasteiger partial charge is 0.328 e. The number of benzene rings is 2. The lowest BCUT2D eigenvalue weighted by molar-refractivity contribution is 0.366. The lowest BCUT2D eigenvalue weighted by Gasteiger charge is -2.14. The van der Waals surface area contributed by atoms with Gasteiger partial charge in [-0.3, -0.25) is 4.99 Å². The molecule has 170 valence electrons. The van der Waals surface area contributed by atoms with Gasteiger partial charge in [0.1, 0.15) is 11.6 Å². The van der Waals surface area contributed by atoms with Crippen LogP contribution in [0.3, 0.4) is 0 Å². The summed E-state index contributed by atoms with van der Waals surface area (Å²) in [6.07, 6.45) is 2.02. The summed E-state index contributed by atoms with van der Waals surface area (Å²) in [5, 5.41) is 6.47. The van der Waals surface area contributed by atoms with E-state index in [4.69, 9.17) is 4.74 Å². The Bertz CT molecular complexity index is 1130. The molecule has 2 aromatic carbocycles. The average molecular weight is 444 g/mol. The van der Waals surface area contributed by atoms with Gasteiger partial charge in [-0.2, -0.15) is 15.0 Å². The van der Waals surface area contributed by atoms with Crippen molar-refractivity contribution in [2.24, 2.45) is 4.99 Å². The minimum absolute atomic E-state index is 0.214. The standard InChI is InChI=1S/C25H29N7O/c1-4-32(3)15-14-26-23-29-24(31-25(30-23)33-21-8-6-5-7-9-21)28-22-16-20(17-27-22)19-12-10-18(2)11-13-19/h5-13,16H,4,14-15,17H2,1-3H3,(H2,26,27,28,29,30,31). The quantitative estimate of drug-likeness (QED) is 0.511. The van der Waals surface area contributed by atoms with Gasteiger partial charge < -0.3 is 20.3 Å². The third-order valence-corrected chi connectivity index (χ3v) is 5.28. The second kappa shape index (κ2) is 10.7. The topological polar surface area (TPSA) is 87.6 Å². The Labute approximate surface area is 194 Å². The molecule has 3 aromatic rings. The highest BCUT2D eigenvalue weighted by Crippen LogP contribution is 2.22. The van der Waals surface area contributed by atoms with Gasteiger partial charge in [0.2, 0.25) is 11.9 Å². The van der Waals surface area contributed by atoms with Gasteiger partial charge in [0.15, 0.2) is 0 Å². The van der Waals surface area contributed by atoms with E-state index >= 15 is 0 Å². The van der Waals surface area contributed by atoms with E-state index < -0.39 is 0 Å². The summed E-state index contributed by atoms with van der Waals surface area (Å²) in [5.74, 6) is 2.19. The zero-order chi connectivity index (χ0) is 23.0. The summed E-state index contributed by atoms with van der Waals surface area (Å²) in [7, 11) is 2.07. The van der Waals surface area contributed by atoms with Crippen molar-refractivity contribution < 1.29 is 4.74 Å². The second-order valence-corrected chi connectivity index (χ2v) is 7.87. The number of aliphatic imine (C=N–C) groups is 1. The molecule has 2 N–H and O–H groups in total. The molecule has 1 aliphatic rings. The van der Waals surface area contributed by atoms with Crippen LogP contribution in [0.5, 0.6) is 11.8 Å². The van der Waals surface area contributed by atoms with Crippen molar-refractivity contribution >= 4 is 23.3 Å². The third kappa shape index (κ3) is 6.36. The number of ether oxygens (including phenoxy) is 1. The highest BCUT2D eigenvalue weighted by Gasteiger charge is 2.14. The fourth-order valence-corrected chi connectivity index (χ4v) is 3.21. The number of nitrogens with zero attached hydrogens (tertiary/aromatic N) is 5. The second-order valence-electron chi connectivity index (χ2n) is 7.87. The largest absolute Gasteiger partial charge is 0.424 e. The maximum Gasteiger partial charge on any atom is 0.328 e. The maximum absolute atomic E-state index is 5.87. The molecule has 0 radical (unpaired) electrons. The van der Waals surface area contributed by atoms with Crippen molar-refractivity contribution in [1.29, 1.82) is 0 Å². The van der Waals surface area contributed by atoms with Crippen LogP contribution >= 0.6 is 0 Å². The number of aryl methyl sites for hydroxylation is 1. The lowest BCUT2D eigenvalue weighted by atomic mass is 10.1. The Morgan fingerprint density at radius 2 is 1.73 bits per heavy atom. The fourth-order valence-electron chi connectivity index (χ4n) is 3.21. The first kappa shape index (κ1) is 22.4. The number of aromatic nitrogens is 3. The van der Waals surface area contributed by atoms with Gasteiger partial charge in [0.25, 0.3) is 0 Å². The molecule has 33 heavy (non-hydrogen) atoms. The molecule has 1 aliphatic heterocycles. The first-order valence-corrected chi connectivity index (χ1v) is 11.1. The van der Waals surface area contributed by atoms with Crippen molar-refractivity contribution in [2.75, 3.05) is 43.9 Å². The predicted molar refractivity (Wildman–Crippen MR) is 133 cm³/mol. The van der Waals surface area contributed by atoms with Gasteiger partial charge in [-0.1, -0.05) is 55.0 Å². The number of hydrogen-bond donors (Lipinski definition) is 2. The Kier molecular flexibility index (Phi) is 7.26. The van der Waals surface area contributed by atoms with Crippen molar-refractivity contribution in [1.82, 2.24) is 19.9 Å². The molecule has 0 fully saturated rings. The van der Waals surface area contributed by atoms with E-state index in [0.717, 1.165) is 24.2 Å². The van der Waals surface area contributed by atoms with Crippen LogP contribution in [0.4, 0.5) is 11.9 Å². The maximum atomic E-state index is 5.87. The van der Waals surface area contributed by atoms with E-state index in [0.29, 0.717) is 36.6 Å². The normalized spacial score (nSPS) is 13.0. The van der Waals surface area contributed by atoms with Crippen molar-refractivity contribution in [3.8, 4) is 11.8 Å². The van der Waals surface area contributed by atoms with Gasteiger partial charge in [0.05, 0.1) is 6.54 Å². The number of anilines is 2. The van der Waals surface area contributed by atoms with Crippen molar-refractivity contribution in [2.45, 2.75) is 13.8 Å². The molecule has 0 amide bonds. The highest BCUT2D eigenvalue weighted by molar-refractivity contribution is 6.10. The molecule has 0 bridgehead atoms. The van der Waals surface area contributed by atoms with Crippen LogP contribution in [-0.2, 0) is 0 Å². The van der Waals surface area contributed by atoms with E-state index in [2.05, 4.69) is 80.6 Å². The molecule has 0 unspecified atom stereocenters. The Balaban J connectivity index is 1.51. The molecule has 2 heterocycles. The number of amidine groups is 1. The van der Waals surface area contributed by atoms with E-state index in [1.165, 1.54) is 5.56 Å². The summed E-state index contributed by atoms with van der Waals surface area (Å²) < 4.78 is 5.87. The molecule has 4 rings (SSSR count). The van der Waals surface area contributed by atoms with E-state index in [9.17, 15) is 0 Å². The predicted octanol–water partition coefficient (Wildman–Crippen LogP) is 4.24. The van der Waals surface area contributed by atoms with Gasteiger partial charge in [-0.15, -0.1) is 0 Å². The molecule has 8 heteroatoms. The molecule has 1 aromatic heterocycles. The van der Waals surface area contributed by atoms with Gasteiger partial charge >= 0.3 is 6.01 Å². The summed E-state index contributed by atoms with van der Waals surface area (Å²) in [5.41, 5.74) is 3.54. The van der Waals surface area contributed by atoms with Crippen LogP contribution in [-0.4, -0.2) is 58.9 Å². The number of nitrogens with one attached hydrogen (secondary N) is 2. The van der Waals surface area contributed by atoms with Crippen molar-refractivity contribution in [3.05, 3.63) is 71.8 Å². The Hall–Kier alpha value is -3.78. The lowest BCUT2D eigenvalue weighted by Crippen LogP contribution is -2.25. The van der Waals surface area contributed by atoms with Crippen LogP contribution < -0.4 is 15.4 Å². The average Bonchev–Trinajstić information content (AvgIpc) is 3.28. The first-order valence-electron chi connectivity index (χ1n) is 11.1. The zero-order valence-electron chi connectivity index (χ0n) is 19.2. The summed E-state index contributed by atoms with van der Waals surface area (Å²) in [4.78, 5) is 20.2. The van der Waals surface area contributed by atoms with Gasteiger partial charge in [-0.05, 0) is 49.9 Å². The minimum Gasteiger partial charge on any atom is -0.424 e. The van der Waals surface area contributed by atoms with Crippen LogP contribution in [0.15, 0.2) is 65.7 Å². The van der Waals surface area contributed by atoms with E-state index in [1.54, 1.807) is 0 Å². The molecule has 8 nitrogen and oxygen atoms in total. The highest BCUT2D eigenvalue weighted by atomic mass is 16.5. The van der Waals surface area contributed by atoms with Gasteiger partial charge in [-0.25, -0.2) is 0 Å². The third-order valence-electron chi connectivity index (χ3n) is 5.28. The molecular weight excluding hydrogens is 414 g/mol. The zero-order valence-corrected chi connectivity index (χ0v) is 19.2. The molecule has 0 atom stereocenters. The molecule has 0 saturated carbocycles. The monoisotopic (exact) mass is 443 g/mol. The first-order chi connectivity index (χ1) is 16.1. The van der Waals surface area contributed by atoms with Crippen LogP contribution in [0, 0.1) is 6.92 Å². The summed E-state index contributed by atoms with van der Waals surface area (Å²) in [6.45, 7) is 7.36. The molecule has 0 aliphatic carbocycles. The molecule has 0 saturated heterocycles. The van der Waals surface area contributed by atoms with Crippen LogP contribution in [0.2, 0.25) is 0 Å². The fraction of sp³-hybridized carbons (Fsp3) is 0.280. The Morgan fingerprint density at radius 1 is 0.970 bits per heavy atom. The number of hydrogen-bond acceptors (Lipinski definition) is 8. The van der Waals surface area contributed by atoms with E-state index in [-0.39, 0.29) is 6.01 Å². The number of likely N-dealkylation sites (N-methyl/N-ethyl adjacent to an activating group) is 1. The summed E-state index contributed by atoms with van der Waals surface area (Å²) in [6, 6.07) is 18.1. The molecule has 0 spiro atoms. The SMILES string of the molecule is CCN(C)CCNc1nc(NC2=NCC(c3ccc(C)cc3)=C2)nc(Oc2ccccc2)n1. The van der Waals surface area contributed by atoms with E-state index in [1.807, 2.05) is 36.4 Å². The van der Waals surface area contributed by atoms with Crippen LogP contribution in [0.25, 0.3) is 5.57 Å². The number of para-hydroxylation sites is 1. The minimum atomic E-state index is 0.214.